The van der Waals surface area contributed by atoms with Crippen molar-refractivity contribution in [2.24, 2.45) is 36.1 Å². The molecule has 1 saturated carbocycles. The number of ether oxygens (including phenoxy) is 1. The van der Waals surface area contributed by atoms with Crippen molar-refractivity contribution in [2.45, 2.75) is 39.0 Å². The van der Waals surface area contributed by atoms with Gasteiger partial charge in [0, 0.05) is 39.8 Å². The molecule has 2 N–H and O–H groups in total. The smallest absolute Gasteiger partial charge is 0.242 e. The zero-order chi connectivity index (χ0) is 41.1. The molecule has 298 valence electrons. The van der Waals surface area contributed by atoms with Gasteiger partial charge in [-0.05, 0) is 129 Å². The molecule has 2 aromatic heterocycles. The first-order chi connectivity index (χ1) is 27.6. The van der Waals surface area contributed by atoms with E-state index in [1.165, 1.54) is 16.9 Å². The topological polar surface area (TPSA) is 142 Å². The number of halogens is 3. The van der Waals surface area contributed by atoms with Crippen molar-refractivity contribution in [3.8, 4) is 27.8 Å². The lowest BCUT2D eigenvalue weighted by atomic mass is 9.51. The van der Waals surface area contributed by atoms with Crippen LogP contribution in [-0.2, 0) is 32.6 Å². The van der Waals surface area contributed by atoms with Crippen molar-refractivity contribution < 1.29 is 34.1 Å². The van der Waals surface area contributed by atoms with E-state index in [1.54, 1.807) is 59.5 Å². The highest BCUT2D eigenvalue weighted by Gasteiger charge is 2.68. The minimum Gasteiger partial charge on any atom is -0.508 e. The van der Waals surface area contributed by atoms with E-state index in [9.17, 15) is 19.8 Å². The number of likely N-dealkylation sites (tertiary alicyclic amines) is 1. The number of carbonyl (C=O) groups excluding carboxylic acids is 4. The van der Waals surface area contributed by atoms with Gasteiger partial charge in [-0.1, -0.05) is 35.4 Å². The number of aromatic hydroxyl groups is 2. The van der Waals surface area contributed by atoms with Crippen molar-refractivity contribution >= 4 is 94.3 Å². The molecule has 11 nitrogen and oxygen atoms in total. The number of phenolic OH excluding ortho intramolecular Hbond substituents is 2. The third-order valence-electron chi connectivity index (χ3n) is 12.8. The van der Waals surface area contributed by atoms with E-state index in [2.05, 4.69) is 31.9 Å². The number of fused-ring (bicyclic) bond motifs is 5. The molecule has 2 aliphatic heterocycles. The summed E-state index contributed by atoms with van der Waals surface area (Å²) in [5, 5.41) is 27.2. The van der Waals surface area contributed by atoms with Gasteiger partial charge in [0.05, 0.1) is 39.6 Å². The molecule has 9 rings (SSSR count). The van der Waals surface area contributed by atoms with E-state index in [4.69, 9.17) is 21.4 Å². The number of thiophene rings is 1. The van der Waals surface area contributed by atoms with Gasteiger partial charge in [0.2, 0.25) is 23.6 Å². The van der Waals surface area contributed by atoms with Gasteiger partial charge in [-0.2, -0.15) is 5.10 Å². The maximum absolute atomic E-state index is 15.3. The summed E-state index contributed by atoms with van der Waals surface area (Å²) in [4.78, 5) is 62.3. The van der Waals surface area contributed by atoms with Crippen molar-refractivity contribution in [1.29, 1.82) is 0 Å². The number of anilines is 1. The molecular formula is C43H37Br2ClN4O7S. The van der Waals surface area contributed by atoms with Crippen molar-refractivity contribution in [2.75, 3.05) is 18.6 Å². The van der Waals surface area contributed by atoms with Crippen LogP contribution in [0.4, 0.5) is 5.82 Å². The summed E-state index contributed by atoms with van der Waals surface area (Å²) in [6.07, 6.45) is 2.88. The average molecular weight is 949 g/mol. The fourth-order valence-electron chi connectivity index (χ4n) is 9.96. The maximum atomic E-state index is 15.3. The van der Waals surface area contributed by atoms with Gasteiger partial charge in [-0.25, -0.2) is 4.90 Å². The number of nitrogens with zero attached hydrogens (tertiary/aromatic N) is 4. The third kappa shape index (κ3) is 5.65. The van der Waals surface area contributed by atoms with Crippen LogP contribution in [0.5, 0.6) is 17.2 Å². The second-order valence-electron chi connectivity index (χ2n) is 15.8. The van der Waals surface area contributed by atoms with E-state index in [-0.39, 0.29) is 42.0 Å². The van der Waals surface area contributed by atoms with Crippen LogP contribution in [-0.4, -0.2) is 62.2 Å². The van der Waals surface area contributed by atoms with E-state index < -0.39 is 46.8 Å². The largest absolute Gasteiger partial charge is 0.508 e. The number of hydrogen-bond donors (Lipinski definition) is 2. The molecule has 4 amide bonds. The minimum atomic E-state index is -1.35. The predicted octanol–water partition coefficient (Wildman–Crippen LogP) is 8.68. The molecule has 15 heteroatoms. The van der Waals surface area contributed by atoms with Crippen LogP contribution in [0.2, 0.25) is 5.02 Å². The number of carbonyl (C=O) groups is 4. The number of hydrogen-bond acceptors (Lipinski definition) is 9. The molecule has 0 bridgehead atoms. The van der Waals surface area contributed by atoms with Gasteiger partial charge in [0.1, 0.15) is 17.3 Å². The molecule has 0 spiro atoms. The van der Waals surface area contributed by atoms with E-state index >= 15 is 9.59 Å². The first kappa shape index (κ1) is 39.0. The number of benzene rings is 3. The molecule has 58 heavy (non-hydrogen) atoms. The first-order valence-corrected chi connectivity index (χ1v) is 21.6. The van der Waals surface area contributed by atoms with Crippen LogP contribution in [0.25, 0.3) is 20.7 Å². The zero-order valence-electron chi connectivity index (χ0n) is 31.8. The summed E-state index contributed by atoms with van der Waals surface area (Å²) >= 11 is 15.1. The second kappa shape index (κ2) is 14.1. The molecule has 2 saturated heterocycles. The summed E-state index contributed by atoms with van der Waals surface area (Å²) < 4.78 is 8.98. The van der Waals surface area contributed by atoms with Gasteiger partial charge in [0.15, 0.2) is 11.5 Å². The highest BCUT2D eigenvalue weighted by Crippen LogP contribution is 2.65. The number of allylic oxidation sites excluding steroid dienone is 2. The van der Waals surface area contributed by atoms with Crippen LogP contribution in [0.3, 0.4) is 0 Å². The number of aromatic nitrogens is 2. The Balaban J connectivity index is 1.14. The fraction of sp³-hybridized carbons (Fsp3) is 0.326. The standard InChI is InChI=1S/C43H37Br2ClN4O7S/c1-19-25-15-21(46)7-12-31(25)58-38(19)29-18-32(48(3)47-29)50-40(54)28-16-26-23(34(43(28,2)42(50)56)27-17-30(57-4)37(52)36(45)35(27)44)10-11-24-33(26)41(55)49(39(24)53)14-13-20-5-8-22(51)9-6-20/h5-10,12,15,17-18,24,26,28,33-34,51-52H,11,13-14,16H2,1-4H3. The quantitative estimate of drug-likeness (QED) is 0.122. The predicted molar refractivity (Wildman–Crippen MR) is 227 cm³/mol. The molecular weight excluding hydrogens is 912 g/mol. The van der Waals surface area contributed by atoms with Crippen LogP contribution in [0, 0.1) is 36.0 Å². The normalized spacial score (nSPS) is 25.4. The van der Waals surface area contributed by atoms with Gasteiger partial charge in [-0.3, -0.25) is 28.8 Å². The number of amides is 4. The summed E-state index contributed by atoms with van der Waals surface area (Å²) in [6.45, 7) is 3.99. The third-order valence-corrected chi connectivity index (χ3v) is 16.5. The first-order valence-electron chi connectivity index (χ1n) is 18.8. The fourth-order valence-corrected chi connectivity index (χ4v) is 12.2. The molecule has 3 fully saturated rings. The van der Waals surface area contributed by atoms with E-state index in [0.29, 0.717) is 43.9 Å². The minimum absolute atomic E-state index is 0.129. The lowest BCUT2D eigenvalue weighted by Crippen LogP contribution is -2.49. The lowest BCUT2D eigenvalue weighted by molar-refractivity contribution is -0.140. The summed E-state index contributed by atoms with van der Waals surface area (Å²) in [7, 11) is 3.15. The van der Waals surface area contributed by atoms with Gasteiger partial charge < -0.3 is 14.9 Å². The Bertz CT molecular complexity index is 2660. The van der Waals surface area contributed by atoms with Crippen molar-refractivity contribution in [3.63, 3.8) is 0 Å². The Kier molecular flexibility index (Phi) is 9.45. The summed E-state index contributed by atoms with van der Waals surface area (Å²) in [5.74, 6) is -4.39. The van der Waals surface area contributed by atoms with Crippen LogP contribution in [0.15, 0.2) is 75.2 Å². The van der Waals surface area contributed by atoms with Gasteiger partial charge >= 0.3 is 0 Å². The van der Waals surface area contributed by atoms with Crippen LogP contribution < -0.4 is 9.64 Å². The molecule has 4 heterocycles. The average Bonchev–Trinajstić information content (AvgIpc) is 3.87. The molecule has 0 radical (unpaired) electrons. The number of aryl methyl sites for hydroxylation is 2. The zero-order valence-corrected chi connectivity index (χ0v) is 36.5. The molecule has 4 aliphatic rings. The number of phenols is 2. The van der Waals surface area contributed by atoms with Gasteiger partial charge in [-0.15, -0.1) is 11.3 Å². The number of imide groups is 2. The highest BCUT2D eigenvalue weighted by atomic mass is 79.9. The Morgan fingerprint density at radius 1 is 0.983 bits per heavy atom. The summed E-state index contributed by atoms with van der Waals surface area (Å²) in [6, 6.07) is 15.8. The lowest BCUT2D eigenvalue weighted by Gasteiger charge is -2.49. The monoisotopic (exact) mass is 946 g/mol. The Labute approximate surface area is 359 Å². The molecule has 2 aliphatic carbocycles. The van der Waals surface area contributed by atoms with E-state index in [0.717, 1.165) is 31.7 Å². The Morgan fingerprint density at radius 3 is 2.45 bits per heavy atom. The van der Waals surface area contributed by atoms with Crippen LogP contribution in [0.1, 0.15) is 42.4 Å². The second-order valence-corrected chi connectivity index (χ2v) is 18.8. The van der Waals surface area contributed by atoms with E-state index in [1.807, 2.05) is 38.1 Å². The van der Waals surface area contributed by atoms with Crippen molar-refractivity contribution in [3.05, 3.63) is 96.9 Å². The molecule has 5 aromatic rings. The van der Waals surface area contributed by atoms with Gasteiger partial charge in [0.25, 0.3) is 0 Å². The highest BCUT2D eigenvalue weighted by molar-refractivity contribution is 9.13. The van der Waals surface area contributed by atoms with Crippen molar-refractivity contribution in [1.82, 2.24) is 14.7 Å². The molecule has 6 atom stereocenters. The number of methoxy groups -OCH3 is 1. The molecule has 3 aromatic carbocycles. The van der Waals surface area contributed by atoms with Crippen LogP contribution >= 0.6 is 54.8 Å². The Morgan fingerprint density at radius 2 is 1.72 bits per heavy atom. The number of rotatable bonds is 7. The summed E-state index contributed by atoms with van der Waals surface area (Å²) in [5.41, 5.74) is 2.52. The Hall–Kier alpha value is -4.50. The maximum Gasteiger partial charge on any atom is 0.242 e. The molecule has 6 unspecified atom stereocenters. The SMILES string of the molecule is COc1cc(C2C3=CCC4C(=O)N(CCc5ccc(O)cc5)C(=O)C4C3CC3C(=O)N(c4cc(-c5sc6ccc(Cl)cc6c5C)nn4C)C(=O)C32C)c(Br)c(Br)c1O.